The monoisotopic (exact) mass is 221 g/mol. The van der Waals surface area contributed by atoms with Crippen molar-refractivity contribution < 1.29 is 5.11 Å². The first kappa shape index (κ1) is 10.8. The van der Waals surface area contributed by atoms with Crippen molar-refractivity contribution in [2.45, 2.75) is 25.7 Å². The van der Waals surface area contributed by atoms with Crippen molar-refractivity contribution in [3.05, 3.63) is 12.2 Å². The van der Waals surface area contributed by atoms with Crippen molar-refractivity contribution in [1.29, 1.82) is 0 Å². The summed E-state index contributed by atoms with van der Waals surface area (Å²) in [6.45, 7) is 3.66. The molecule has 2 nitrogen and oxygen atoms in total. The lowest BCUT2D eigenvalue weighted by Gasteiger charge is -2.28. The minimum atomic E-state index is 0.323. The van der Waals surface area contributed by atoms with Gasteiger partial charge in [0.15, 0.2) is 0 Å². The van der Waals surface area contributed by atoms with Crippen LogP contribution in [0.1, 0.15) is 25.7 Å². The Morgan fingerprint density at radius 2 is 2.00 bits per heavy atom. The summed E-state index contributed by atoms with van der Waals surface area (Å²) in [5.74, 6) is 3.55. The van der Waals surface area contributed by atoms with Crippen LogP contribution in [0.25, 0.3) is 0 Å². The molecule has 2 heteroatoms. The molecule has 0 aromatic carbocycles. The fraction of sp³-hybridized carbons (Fsp3) is 0.857. The maximum Gasteiger partial charge on any atom is 0.0558 e. The Kier molecular flexibility index (Phi) is 3.03. The quantitative estimate of drug-likeness (QED) is 0.693. The molecule has 0 amide bonds. The van der Waals surface area contributed by atoms with Gasteiger partial charge in [-0.2, -0.15) is 0 Å². The molecule has 0 radical (unpaired) electrons. The largest absolute Gasteiger partial charge is 0.395 e. The zero-order valence-electron chi connectivity index (χ0n) is 10.0. The normalized spacial score (nSPS) is 36.5. The molecule has 2 fully saturated rings. The van der Waals surface area contributed by atoms with E-state index in [4.69, 9.17) is 5.11 Å². The number of hydrogen-bond donors (Lipinski definition) is 1. The van der Waals surface area contributed by atoms with Crippen LogP contribution in [-0.2, 0) is 0 Å². The molecule has 3 atom stereocenters. The standard InChI is InChI=1S/C14H23NO/c16-6-5-15(9-11-1-2-11)10-14-8-12-3-4-13(14)7-12/h3-4,11-14,16H,1-2,5-10H2. The number of aliphatic hydroxyl groups excluding tert-OH is 1. The maximum absolute atomic E-state index is 9.12. The van der Waals surface area contributed by atoms with Crippen LogP contribution in [0.4, 0.5) is 0 Å². The highest BCUT2D eigenvalue weighted by molar-refractivity contribution is 5.10. The lowest BCUT2D eigenvalue weighted by Crippen LogP contribution is -2.35. The maximum atomic E-state index is 9.12. The van der Waals surface area contributed by atoms with Crippen LogP contribution in [-0.4, -0.2) is 36.2 Å². The molecule has 0 spiro atoms. The molecule has 0 aromatic rings. The van der Waals surface area contributed by atoms with Crippen molar-refractivity contribution in [1.82, 2.24) is 4.90 Å². The molecule has 2 saturated carbocycles. The molecule has 3 aliphatic carbocycles. The van der Waals surface area contributed by atoms with E-state index >= 15 is 0 Å². The number of rotatable bonds is 6. The van der Waals surface area contributed by atoms with Crippen LogP contribution in [0.15, 0.2) is 12.2 Å². The lowest BCUT2D eigenvalue weighted by molar-refractivity contribution is 0.162. The fourth-order valence-electron chi connectivity index (χ4n) is 3.50. The van der Waals surface area contributed by atoms with Crippen LogP contribution >= 0.6 is 0 Å². The van der Waals surface area contributed by atoms with Gasteiger partial charge in [0, 0.05) is 19.6 Å². The van der Waals surface area contributed by atoms with Gasteiger partial charge in [-0.25, -0.2) is 0 Å². The van der Waals surface area contributed by atoms with Gasteiger partial charge in [-0.15, -0.1) is 0 Å². The molecular formula is C14H23NO. The highest BCUT2D eigenvalue weighted by Crippen LogP contribution is 2.43. The smallest absolute Gasteiger partial charge is 0.0558 e. The molecule has 3 rings (SSSR count). The van der Waals surface area contributed by atoms with Crippen molar-refractivity contribution in [2.75, 3.05) is 26.2 Å². The molecule has 1 N–H and O–H groups in total. The SMILES string of the molecule is OCCN(CC1CC1)CC1CC2C=CC1C2. The molecule has 3 aliphatic rings. The molecule has 3 unspecified atom stereocenters. The van der Waals surface area contributed by atoms with Gasteiger partial charge in [-0.1, -0.05) is 12.2 Å². The van der Waals surface area contributed by atoms with Crippen LogP contribution in [0.3, 0.4) is 0 Å². The zero-order chi connectivity index (χ0) is 11.0. The Hall–Kier alpha value is -0.340. The average molecular weight is 221 g/mol. The van der Waals surface area contributed by atoms with Crippen molar-refractivity contribution in [3.63, 3.8) is 0 Å². The lowest BCUT2D eigenvalue weighted by atomic mass is 9.93. The third-order valence-corrected chi connectivity index (χ3v) is 4.54. The third kappa shape index (κ3) is 2.33. The number of fused-ring (bicyclic) bond motifs is 2. The van der Waals surface area contributed by atoms with Crippen LogP contribution in [0.5, 0.6) is 0 Å². The van der Waals surface area contributed by atoms with E-state index in [0.717, 1.165) is 30.2 Å². The highest BCUT2D eigenvalue weighted by Gasteiger charge is 2.36. The summed E-state index contributed by atoms with van der Waals surface area (Å²) in [6.07, 6.45) is 10.5. The Labute approximate surface area is 98.3 Å². The fourth-order valence-corrected chi connectivity index (χ4v) is 3.50. The highest BCUT2D eigenvalue weighted by atomic mass is 16.3. The molecule has 0 aliphatic heterocycles. The van der Waals surface area contributed by atoms with E-state index in [0.29, 0.717) is 6.61 Å². The third-order valence-electron chi connectivity index (χ3n) is 4.54. The summed E-state index contributed by atoms with van der Waals surface area (Å²) >= 11 is 0. The molecule has 2 bridgehead atoms. The summed E-state index contributed by atoms with van der Waals surface area (Å²) < 4.78 is 0. The zero-order valence-corrected chi connectivity index (χ0v) is 10.0. The van der Waals surface area contributed by atoms with E-state index in [1.54, 1.807) is 0 Å². The van der Waals surface area contributed by atoms with Gasteiger partial charge in [-0.05, 0) is 49.4 Å². The Bertz CT molecular complexity index is 272. The van der Waals surface area contributed by atoms with Gasteiger partial charge in [0.1, 0.15) is 0 Å². The molecular weight excluding hydrogens is 198 g/mol. The second-order valence-electron chi connectivity index (χ2n) is 5.97. The first-order chi connectivity index (χ1) is 7.85. The van der Waals surface area contributed by atoms with Gasteiger partial charge in [0.05, 0.1) is 6.61 Å². The van der Waals surface area contributed by atoms with Crippen LogP contribution in [0.2, 0.25) is 0 Å². The van der Waals surface area contributed by atoms with Crippen molar-refractivity contribution in [3.8, 4) is 0 Å². The van der Waals surface area contributed by atoms with Crippen LogP contribution in [0, 0.1) is 23.7 Å². The van der Waals surface area contributed by atoms with E-state index < -0.39 is 0 Å². The number of nitrogens with zero attached hydrogens (tertiary/aromatic N) is 1. The second kappa shape index (κ2) is 4.50. The summed E-state index contributed by atoms with van der Waals surface area (Å²) in [4.78, 5) is 2.51. The van der Waals surface area contributed by atoms with E-state index in [1.165, 1.54) is 38.8 Å². The first-order valence-electron chi connectivity index (χ1n) is 6.86. The predicted octanol–water partition coefficient (Wildman–Crippen LogP) is 1.90. The summed E-state index contributed by atoms with van der Waals surface area (Å²) in [6, 6.07) is 0. The average Bonchev–Trinajstić information content (AvgIpc) is 2.85. The van der Waals surface area contributed by atoms with Gasteiger partial charge in [0.2, 0.25) is 0 Å². The van der Waals surface area contributed by atoms with Crippen molar-refractivity contribution >= 4 is 0 Å². The second-order valence-corrected chi connectivity index (χ2v) is 5.97. The van der Waals surface area contributed by atoms with E-state index in [9.17, 15) is 0 Å². The topological polar surface area (TPSA) is 23.5 Å². The minimum absolute atomic E-state index is 0.323. The van der Waals surface area contributed by atoms with Crippen LogP contribution < -0.4 is 0 Å². The summed E-state index contributed by atoms with van der Waals surface area (Å²) in [5.41, 5.74) is 0. The van der Waals surface area contributed by atoms with E-state index in [1.807, 2.05) is 0 Å². The Morgan fingerprint density at radius 3 is 2.56 bits per heavy atom. The number of allylic oxidation sites excluding steroid dienone is 2. The number of hydrogen-bond acceptors (Lipinski definition) is 2. The molecule has 0 heterocycles. The van der Waals surface area contributed by atoms with E-state index in [-0.39, 0.29) is 0 Å². The Morgan fingerprint density at radius 1 is 1.12 bits per heavy atom. The van der Waals surface area contributed by atoms with Gasteiger partial charge < -0.3 is 10.0 Å². The minimum Gasteiger partial charge on any atom is -0.395 e. The molecule has 90 valence electrons. The molecule has 16 heavy (non-hydrogen) atoms. The molecule has 0 aromatic heterocycles. The summed E-state index contributed by atoms with van der Waals surface area (Å²) in [7, 11) is 0. The number of aliphatic hydroxyl groups is 1. The predicted molar refractivity (Wildman–Crippen MR) is 65.1 cm³/mol. The summed E-state index contributed by atoms with van der Waals surface area (Å²) in [5, 5.41) is 9.12. The van der Waals surface area contributed by atoms with E-state index in [2.05, 4.69) is 17.1 Å². The van der Waals surface area contributed by atoms with Gasteiger partial charge in [-0.3, -0.25) is 0 Å². The Balaban J connectivity index is 1.52. The molecule has 0 saturated heterocycles. The van der Waals surface area contributed by atoms with Gasteiger partial charge in [0.25, 0.3) is 0 Å². The first-order valence-corrected chi connectivity index (χ1v) is 6.86. The van der Waals surface area contributed by atoms with Crippen molar-refractivity contribution in [2.24, 2.45) is 23.7 Å². The van der Waals surface area contributed by atoms with Gasteiger partial charge >= 0.3 is 0 Å².